The fraction of sp³-hybridized carbons (Fsp3) is 0.478. The third kappa shape index (κ3) is 4.51. The molecule has 1 aliphatic heterocycles. The van der Waals surface area contributed by atoms with Crippen LogP contribution in [0.1, 0.15) is 43.7 Å². The number of nitrogens with two attached hydrogens (primary N) is 1. The molecule has 0 unspecified atom stereocenters. The number of fused-ring (bicyclic) bond motifs is 1. The van der Waals surface area contributed by atoms with E-state index in [1.54, 1.807) is 7.11 Å². The van der Waals surface area contributed by atoms with E-state index in [9.17, 15) is 0 Å². The van der Waals surface area contributed by atoms with Crippen molar-refractivity contribution in [3.8, 4) is 5.75 Å². The summed E-state index contributed by atoms with van der Waals surface area (Å²) in [6, 6.07) is 8.54. The maximum Gasteiger partial charge on any atom is 0.222 e. The third-order valence-electron chi connectivity index (χ3n) is 5.75. The molecule has 7 nitrogen and oxygen atoms in total. The molecule has 3 heterocycles. The van der Waals surface area contributed by atoms with Gasteiger partial charge in [-0.3, -0.25) is 4.90 Å². The van der Waals surface area contributed by atoms with Crippen LogP contribution in [0.15, 0.2) is 30.5 Å². The molecule has 4 rings (SSSR count). The maximum atomic E-state index is 5.94. The molecule has 0 saturated carbocycles. The lowest BCUT2D eigenvalue weighted by Gasteiger charge is -2.30. The van der Waals surface area contributed by atoms with Crippen molar-refractivity contribution in [1.29, 1.82) is 0 Å². The van der Waals surface area contributed by atoms with Crippen molar-refractivity contribution >= 4 is 22.8 Å². The van der Waals surface area contributed by atoms with Crippen LogP contribution in [0.2, 0.25) is 0 Å². The van der Waals surface area contributed by atoms with E-state index < -0.39 is 0 Å². The number of rotatable bonds is 10. The molecule has 30 heavy (non-hydrogen) atoms. The highest BCUT2D eigenvalue weighted by Crippen LogP contribution is 2.27. The van der Waals surface area contributed by atoms with Gasteiger partial charge in [-0.05, 0) is 43.6 Å². The first kappa shape index (κ1) is 20.5. The summed E-state index contributed by atoms with van der Waals surface area (Å²) in [5.74, 6) is 2.02. The molecule has 2 aromatic heterocycles. The van der Waals surface area contributed by atoms with Gasteiger partial charge < -0.3 is 20.4 Å². The molecular formula is C23H32N6O. The maximum absolute atomic E-state index is 5.94. The van der Waals surface area contributed by atoms with Crippen molar-refractivity contribution in [2.45, 2.75) is 45.7 Å². The van der Waals surface area contributed by atoms with E-state index in [1.807, 2.05) is 12.3 Å². The van der Waals surface area contributed by atoms with Gasteiger partial charge in [-0.15, -0.1) is 0 Å². The van der Waals surface area contributed by atoms with Crippen LogP contribution in [0.4, 0.5) is 11.8 Å². The highest BCUT2D eigenvalue weighted by molar-refractivity contribution is 5.87. The Labute approximate surface area is 178 Å². The molecule has 160 valence electrons. The van der Waals surface area contributed by atoms with Crippen molar-refractivity contribution in [2.75, 3.05) is 37.8 Å². The van der Waals surface area contributed by atoms with E-state index in [0.717, 1.165) is 47.7 Å². The Kier molecular flexibility index (Phi) is 6.38. The van der Waals surface area contributed by atoms with Crippen LogP contribution in [-0.2, 0) is 13.1 Å². The van der Waals surface area contributed by atoms with Gasteiger partial charge >= 0.3 is 0 Å². The molecule has 7 heteroatoms. The Morgan fingerprint density at radius 1 is 1.13 bits per heavy atom. The average molecular weight is 409 g/mol. The van der Waals surface area contributed by atoms with E-state index >= 15 is 0 Å². The predicted molar refractivity (Wildman–Crippen MR) is 122 cm³/mol. The zero-order valence-electron chi connectivity index (χ0n) is 18.0. The van der Waals surface area contributed by atoms with Crippen molar-refractivity contribution < 1.29 is 4.74 Å². The van der Waals surface area contributed by atoms with Crippen molar-refractivity contribution in [1.82, 2.24) is 19.4 Å². The first-order chi connectivity index (χ1) is 14.7. The van der Waals surface area contributed by atoms with Gasteiger partial charge in [-0.2, -0.15) is 4.98 Å². The second kappa shape index (κ2) is 9.34. The summed E-state index contributed by atoms with van der Waals surface area (Å²) in [6.07, 6.45) is 6.83. The summed E-state index contributed by atoms with van der Waals surface area (Å²) < 4.78 is 7.89. The number of nitrogens with zero attached hydrogens (tertiary/aromatic N) is 4. The zero-order valence-corrected chi connectivity index (χ0v) is 18.0. The summed E-state index contributed by atoms with van der Waals surface area (Å²) in [7, 11) is 1.74. The first-order valence-corrected chi connectivity index (χ1v) is 10.9. The minimum Gasteiger partial charge on any atom is -0.496 e. The van der Waals surface area contributed by atoms with Crippen molar-refractivity contribution in [2.24, 2.45) is 0 Å². The molecule has 3 aromatic rings. The molecule has 1 aliphatic rings. The highest BCUT2D eigenvalue weighted by Gasteiger charge is 2.16. The Morgan fingerprint density at radius 2 is 2.00 bits per heavy atom. The molecule has 0 aliphatic carbocycles. The van der Waals surface area contributed by atoms with Crippen LogP contribution in [0.5, 0.6) is 5.75 Å². The van der Waals surface area contributed by atoms with Crippen LogP contribution < -0.4 is 15.8 Å². The predicted octanol–water partition coefficient (Wildman–Crippen LogP) is 3.88. The van der Waals surface area contributed by atoms with Gasteiger partial charge in [-0.1, -0.05) is 31.9 Å². The second-order valence-corrected chi connectivity index (χ2v) is 8.02. The van der Waals surface area contributed by atoms with Crippen LogP contribution in [0.3, 0.4) is 0 Å². The SMILES string of the molecule is CCCCCNc1nc(N)nc2ccn(Cc3ccc(CN4CCC4)cc3OC)c12. The van der Waals surface area contributed by atoms with E-state index in [2.05, 4.69) is 49.9 Å². The lowest BCUT2D eigenvalue weighted by molar-refractivity contribution is 0.172. The number of likely N-dealkylation sites (tertiary alicyclic amines) is 1. The molecule has 1 fully saturated rings. The van der Waals surface area contributed by atoms with Crippen molar-refractivity contribution in [3.05, 3.63) is 41.6 Å². The number of anilines is 2. The number of unbranched alkanes of at least 4 members (excludes halogenated alkanes) is 2. The summed E-state index contributed by atoms with van der Waals surface area (Å²) in [5.41, 5.74) is 10.2. The Balaban J connectivity index is 1.58. The number of ether oxygens (including phenoxy) is 1. The van der Waals surface area contributed by atoms with Crippen LogP contribution >= 0.6 is 0 Å². The van der Waals surface area contributed by atoms with E-state index in [-0.39, 0.29) is 0 Å². The van der Waals surface area contributed by atoms with E-state index in [4.69, 9.17) is 10.5 Å². The number of hydrogen-bond acceptors (Lipinski definition) is 6. The van der Waals surface area contributed by atoms with Gasteiger partial charge in [0.15, 0.2) is 5.82 Å². The monoisotopic (exact) mass is 408 g/mol. The summed E-state index contributed by atoms with van der Waals surface area (Å²) in [4.78, 5) is 11.3. The van der Waals surface area contributed by atoms with Gasteiger partial charge in [0.25, 0.3) is 0 Å². The third-order valence-corrected chi connectivity index (χ3v) is 5.75. The quantitative estimate of drug-likeness (QED) is 0.496. The van der Waals surface area contributed by atoms with E-state index in [1.165, 1.54) is 37.9 Å². The molecule has 0 radical (unpaired) electrons. The highest BCUT2D eigenvalue weighted by atomic mass is 16.5. The first-order valence-electron chi connectivity index (χ1n) is 10.9. The number of nitrogen functional groups attached to an aromatic ring is 1. The minimum atomic E-state index is 0.297. The van der Waals surface area contributed by atoms with Gasteiger partial charge in [0.1, 0.15) is 11.3 Å². The molecule has 0 bridgehead atoms. The lowest BCUT2D eigenvalue weighted by atomic mass is 10.1. The molecule has 0 atom stereocenters. The lowest BCUT2D eigenvalue weighted by Crippen LogP contribution is -2.36. The number of benzene rings is 1. The minimum absolute atomic E-state index is 0.297. The number of methoxy groups -OCH3 is 1. The van der Waals surface area contributed by atoms with Gasteiger partial charge in [0.05, 0.1) is 19.2 Å². The number of hydrogen-bond donors (Lipinski definition) is 2. The molecule has 0 amide bonds. The molecular weight excluding hydrogens is 376 g/mol. The van der Waals surface area contributed by atoms with Crippen LogP contribution in [-0.4, -0.2) is 46.2 Å². The van der Waals surface area contributed by atoms with Crippen LogP contribution in [0, 0.1) is 0 Å². The molecule has 3 N–H and O–H groups in total. The topological polar surface area (TPSA) is 81.2 Å². The van der Waals surface area contributed by atoms with Gasteiger partial charge in [0, 0.05) is 24.8 Å². The standard InChI is InChI=1S/C23H32N6O/c1-3-4-5-10-25-22-21-19(26-23(24)27-22)9-13-29(21)16-18-8-7-17(14-20(18)30-2)15-28-11-6-12-28/h7-9,13-14H,3-6,10-12,15-16H2,1-2H3,(H3,24,25,26,27). The van der Waals surface area contributed by atoms with Gasteiger partial charge in [-0.25, -0.2) is 4.98 Å². The molecule has 0 spiro atoms. The summed E-state index contributed by atoms with van der Waals surface area (Å²) in [5, 5.41) is 3.46. The zero-order chi connectivity index (χ0) is 20.9. The fourth-order valence-corrected chi connectivity index (χ4v) is 3.96. The Morgan fingerprint density at radius 3 is 2.73 bits per heavy atom. The van der Waals surface area contributed by atoms with E-state index in [0.29, 0.717) is 12.5 Å². The molecule has 1 aromatic carbocycles. The smallest absolute Gasteiger partial charge is 0.222 e. The Hall–Kier alpha value is -2.80. The summed E-state index contributed by atoms with van der Waals surface area (Å²) in [6.45, 7) is 7.14. The number of aromatic nitrogens is 3. The average Bonchev–Trinajstić information content (AvgIpc) is 3.11. The largest absolute Gasteiger partial charge is 0.496 e. The normalized spacial score (nSPS) is 14.1. The van der Waals surface area contributed by atoms with Gasteiger partial charge in [0.2, 0.25) is 5.95 Å². The van der Waals surface area contributed by atoms with Crippen molar-refractivity contribution in [3.63, 3.8) is 0 Å². The van der Waals surface area contributed by atoms with Crippen LogP contribution in [0.25, 0.3) is 11.0 Å². The number of nitrogens with one attached hydrogen (secondary N) is 1. The Bertz CT molecular complexity index is 995. The molecule has 1 saturated heterocycles. The summed E-state index contributed by atoms with van der Waals surface area (Å²) >= 11 is 0. The fourth-order valence-electron chi connectivity index (χ4n) is 3.96. The second-order valence-electron chi connectivity index (χ2n) is 8.02.